The molecule has 2 saturated heterocycles. The lowest BCUT2D eigenvalue weighted by molar-refractivity contribution is -0.375. The number of hydrogen-bond donors (Lipinski definition) is 0. The molecule has 1 aromatic rings. The Kier molecular flexibility index (Phi) is 4.65. The Bertz CT molecular complexity index is 917. The maximum absolute atomic E-state index is 5.27. The minimum Gasteiger partial charge on any atom is -0.368 e. The summed E-state index contributed by atoms with van der Waals surface area (Å²) in [4.78, 5) is 10.3. The second-order valence-electron chi connectivity index (χ2n) is 9.67. The first kappa shape index (κ1) is 19.0. The van der Waals surface area contributed by atoms with Gasteiger partial charge in [0, 0.05) is 39.5 Å². The molecule has 0 N–H and O–H groups in total. The molecule has 0 aromatic heterocycles. The predicted octanol–water partition coefficient (Wildman–Crippen LogP) is 3.24. The highest BCUT2D eigenvalue weighted by atomic mass is 15.3. The second kappa shape index (κ2) is 7.09. The molecule has 0 radical (unpaired) electrons. The third kappa shape index (κ3) is 3.26. The Labute approximate surface area is 175 Å². The second-order valence-corrected chi connectivity index (χ2v) is 9.67. The van der Waals surface area contributed by atoms with Gasteiger partial charge in [-0.1, -0.05) is 36.8 Å². The van der Waals surface area contributed by atoms with E-state index < -0.39 is 0 Å². The van der Waals surface area contributed by atoms with Crippen LogP contribution in [0.1, 0.15) is 49.8 Å². The molecular weight excluding hydrogens is 356 g/mol. The maximum atomic E-state index is 5.27. The number of likely N-dealkylation sites (N-methyl/N-ethyl adjacent to an activating group) is 1. The zero-order valence-corrected chi connectivity index (χ0v) is 18.7. The Morgan fingerprint density at radius 1 is 1.07 bits per heavy atom. The van der Waals surface area contributed by atoms with Crippen LogP contribution >= 0.6 is 0 Å². The van der Waals surface area contributed by atoms with Gasteiger partial charge in [-0.15, -0.1) is 0 Å². The van der Waals surface area contributed by atoms with E-state index in [0.29, 0.717) is 18.0 Å². The van der Waals surface area contributed by atoms with Gasteiger partial charge >= 0.3 is 0 Å². The quantitative estimate of drug-likeness (QED) is 0.542. The molecule has 4 heteroatoms. The first-order valence-corrected chi connectivity index (χ1v) is 11.4. The summed E-state index contributed by atoms with van der Waals surface area (Å²) in [7, 11) is 2.23. The molecule has 0 spiro atoms. The third-order valence-corrected chi connectivity index (χ3v) is 7.59. The van der Waals surface area contributed by atoms with Crippen LogP contribution in [0.4, 0.5) is 0 Å². The van der Waals surface area contributed by atoms with E-state index in [1.807, 2.05) is 0 Å². The van der Waals surface area contributed by atoms with E-state index in [0.717, 1.165) is 39.0 Å². The average Bonchev–Trinajstić information content (AvgIpc) is 3.40. The molecule has 4 unspecified atom stereocenters. The average molecular weight is 392 g/mol. The molecule has 1 aliphatic carbocycles. The molecule has 4 atom stereocenters. The normalized spacial score (nSPS) is 32.2. The summed E-state index contributed by atoms with van der Waals surface area (Å²) < 4.78 is 2.67. The highest BCUT2D eigenvalue weighted by molar-refractivity contribution is 6.08. The van der Waals surface area contributed by atoms with Crippen LogP contribution < -0.4 is 0 Å². The fourth-order valence-electron chi connectivity index (χ4n) is 5.57. The van der Waals surface area contributed by atoms with Gasteiger partial charge in [-0.2, -0.15) is 0 Å². The van der Waals surface area contributed by atoms with Gasteiger partial charge in [0.05, 0.1) is 5.70 Å². The summed E-state index contributed by atoms with van der Waals surface area (Å²) in [5.74, 6) is 0.543. The van der Waals surface area contributed by atoms with Crippen molar-refractivity contribution in [3.05, 3.63) is 46.7 Å². The van der Waals surface area contributed by atoms with Crippen LogP contribution in [0.3, 0.4) is 0 Å². The molecule has 154 valence electrons. The Morgan fingerprint density at radius 2 is 1.83 bits per heavy atom. The highest BCUT2D eigenvalue weighted by Gasteiger charge is 2.62. The third-order valence-electron chi connectivity index (χ3n) is 7.59. The fraction of sp³-hybridized carbons (Fsp3) is 0.600. The smallest absolute Gasteiger partial charge is 0.258 e. The number of nitrogens with zero attached hydrogens (tertiary/aromatic N) is 4. The van der Waals surface area contributed by atoms with Crippen molar-refractivity contribution in [3.8, 4) is 0 Å². The monoisotopic (exact) mass is 391 g/mol. The number of fused-ring (bicyclic) bond motifs is 2. The molecule has 5 rings (SSSR count). The van der Waals surface area contributed by atoms with Crippen molar-refractivity contribution in [1.29, 1.82) is 0 Å². The van der Waals surface area contributed by atoms with E-state index in [-0.39, 0.29) is 6.04 Å². The first-order chi connectivity index (χ1) is 13.9. The standard InChI is InChI=1S/C25H35N4/c1-16-6-8-21-17(2)7-9-22(28-12-10-27(5)11-13-28)24-25-23(15-20(21)14-16)29(25)19(4)18(3)26-24/h6,8-9,14,17-18,23,25H,7,10-13,15H2,1-5H3/q+1. The number of benzene rings is 1. The molecule has 1 aromatic carbocycles. The summed E-state index contributed by atoms with van der Waals surface area (Å²) in [6, 6.07) is 8.44. The van der Waals surface area contributed by atoms with Crippen LogP contribution in [0.2, 0.25) is 0 Å². The Hall–Kier alpha value is -1.94. The SMILES string of the molecule is CC1=[N+]2C3Cc4cc(C)ccc4C(C)CC=C(N4CCN(C)CC4)C(=NC1C)C32. The zero-order chi connectivity index (χ0) is 20.3. The molecule has 0 saturated carbocycles. The topological polar surface area (TPSA) is 21.9 Å². The molecule has 0 amide bonds. The first-order valence-electron chi connectivity index (χ1n) is 11.4. The summed E-state index contributed by atoms with van der Waals surface area (Å²) >= 11 is 0. The lowest BCUT2D eigenvalue weighted by atomic mass is 9.87. The van der Waals surface area contributed by atoms with E-state index in [4.69, 9.17) is 4.99 Å². The van der Waals surface area contributed by atoms with E-state index >= 15 is 0 Å². The minimum absolute atomic E-state index is 0.289. The number of hydrogen-bond acceptors (Lipinski definition) is 3. The predicted molar refractivity (Wildman–Crippen MR) is 120 cm³/mol. The summed E-state index contributed by atoms with van der Waals surface area (Å²) in [6.45, 7) is 13.7. The Morgan fingerprint density at radius 3 is 2.59 bits per heavy atom. The molecular formula is C25H35N4+. The van der Waals surface area contributed by atoms with Gasteiger partial charge in [-0.05, 0) is 44.4 Å². The fourth-order valence-corrected chi connectivity index (χ4v) is 5.57. The van der Waals surface area contributed by atoms with E-state index in [1.54, 1.807) is 11.1 Å². The largest absolute Gasteiger partial charge is 0.368 e. The van der Waals surface area contributed by atoms with Gasteiger partial charge in [0.2, 0.25) is 6.04 Å². The molecule has 3 aliphatic heterocycles. The van der Waals surface area contributed by atoms with Crippen LogP contribution in [-0.2, 0) is 6.42 Å². The molecule has 2 fully saturated rings. The number of allylic oxidation sites excluding steroid dienone is 1. The number of aryl methyl sites for hydroxylation is 1. The minimum atomic E-state index is 0.289. The molecule has 0 bridgehead atoms. The van der Waals surface area contributed by atoms with E-state index in [2.05, 4.69) is 73.4 Å². The van der Waals surface area contributed by atoms with Crippen molar-refractivity contribution in [3.63, 3.8) is 0 Å². The van der Waals surface area contributed by atoms with Gasteiger partial charge in [0.1, 0.15) is 11.8 Å². The van der Waals surface area contributed by atoms with E-state index in [1.165, 1.54) is 22.7 Å². The lowest BCUT2D eigenvalue weighted by Gasteiger charge is -2.36. The number of aliphatic imine (C=N–C) groups is 1. The van der Waals surface area contributed by atoms with Crippen molar-refractivity contribution in [2.75, 3.05) is 33.2 Å². The summed E-state index contributed by atoms with van der Waals surface area (Å²) in [6.07, 6.45) is 4.75. The van der Waals surface area contributed by atoms with Gasteiger partial charge in [0.15, 0.2) is 5.71 Å². The van der Waals surface area contributed by atoms with Crippen molar-refractivity contribution >= 4 is 11.4 Å². The zero-order valence-electron chi connectivity index (χ0n) is 18.7. The number of rotatable bonds is 1. The molecule has 4 aliphatic rings. The Balaban J connectivity index is 1.59. The van der Waals surface area contributed by atoms with Crippen LogP contribution in [0.5, 0.6) is 0 Å². The maximum Gasteiger partial charge on any atom is 0.258 e. The van der Waals surface area contributed by atoms with Crippen molar-refractivity contribution in [2.24, 2.45) is 4.99 Å². The van der Waals surface area contributed by atoms with Gasteiger partial charge in [-0.25, -0.2) is 4.58 Å². The van der Waals surface area contributed by atoms with Crippen LogP contribution in [0.15, 0.2) is 35.0 Å². The van der Waals surface area contributed by atoms with E-state index in [9.17, 15) is 0 Å². The molecule has 29 heavy (non-hydrogen) atoms. The molecule has 4 nitrogen and oxygen atoms in total. The molecule has 3 heterocycles. The highest BCUT2D eigenvalue weighted by Crippen LogP contribution is 2.38. The summed E-state index contributed by atoms with van der Waals surface area (Å²) in [5, 5.41) is 0. The van der Waals surface area contributed by atoms with Crippen molar-refractivity contribution < 1.29 is 4.58 Å². The number of piperazine rings is 1. The van der Waals surface area contributed by atoms with Crippen LogP contribution in [0, 0.1) is 6.92 Å². The van der Waals surface area contributed by atoms with Crippen LogP contribution in [-0.4, -0.2) is 77.2 Å². The van der Waals surface area contributed by atoms with Gasteiger partial charge in [0.25, 0.3) is 6.04 Å². The van der Waals surface area contributed by atoms with Gasteiger partial charge in [-0.3, -0.25) is 4.99 Å². The van der Waals surface area contributed by atoms with Gasteiger partial charge < -0.3 is 9.80 Å². The summed E-state index contributed by atoms with van der Waals surface area (Å²) in [5.41, 5.74) is 8.71. The lowest BCUT2D eigenvalue weighted by Crippen LogP contribution is -2.46. The van der Waals surface area contributed by atoms with Crippen LogP contribution in [0.25, 0.3) is 0 Å². The van der Waals surface area contributed by atoms with Crippen molar-refractivity contribution in [1.82, 2.24) is 9.80 Å². The van der Waals surface area contributed by atoms with Crippen molar-refractivity contribution in [2.45, 2.75) is 64.6 Å².